The summed E-state index contributed by atoms with van der Waals surface area (Å²) in [6.45, 7) is 7.21. The summed E-state index contributed by atoms with van der Waals surface area (Å²) < 4.78 is -1.92. The number of carbonyl (C=O) groups excluding carboxylic acids is 1. The summed E-state index contributed by atoms with van der Waals surface area (Å²) >= 11 is 16.2. The van der Waals surface area contributed by atoms with Crippen LogP contribution in [0.5, 0.6) is 0 Å². The van der Waals surface area contributed by atoms with Crippen molar-refractivity contribution in [2.75, 3.05) is 0 Å². The van der Waals surface area contributed by atoms with Crippen LogP contribution in [0.1, 0.15) is 19.3 Å². The second-order valence-electron chi connectivity index (χ2n) is 3.03. The molecule has 1 amide bonds. The van der Waals surface area contributed by atoms with Gasteiger partial charge in [-0.25, -0.2) is 0 Å². The molecule has 0 aliphatic carbocycles. The average molecular weight is 271 g/mol. The summed E-state index contributed by atoms with van der Waals surface area (Å²) in [4.78, 5) is 11.3. The monoisotopic (exact) mass is 269 g/mol. The third-order valence-corrected chi connectivity index (χ3v) is 2.30. The molecule has 5 heteroatoms. The first-order valence-corrected chi connectivity index (χ1v) is 5.66. The van der Waals surface area contributed by atoms with Crippen molar-refractivity contribution in [1.82, 2.24) is 5.32 Å². The van der Waals surface area contributed by atoms with E-state index in [1.807, 2.05) is 6.08 Å². The molecular formula is C10H14Cl3NO. The molecule has 0 spiro atoms. The van der Waals surface area contributed by atoms with Gasteiger partial charge in [0, 0.05) is 6.04 Å². The molecule has 0 heterocycles. The minimum atomic E-state index is -1.92. The maximum atomic E-state index is 11.3. The molecule has 86 valence electrons. The Bertz CT molecular complexity index is 235. The molecule has 2 nitrogen and oxygen atoms in total. The topological polar surface area (TPSA) is 29.1 Å². The van der Waals surface area contributed by atoms with E-state index in [1.165, 1.54) is 0 Å². The molecule has 0 radical (unpaired) electrons. The zero-order chi connectivity index (χ0) is 11.9. The van der Waals surface area contributed by atoms with Crippen LogP contribution < -0.4 is 5.32 Å². The smallest absolute Gasteiger partial charge is 0.272 e. The van der Waals surface area contributed by atoms with Crippen molar-refractivity contribution in [3.8, 4) is 0 Å². The van der Waals surface area contributed by atoms with Crippen molar-refractivity contribution in [3.05, 3.63) is 25.3 Å². The first-order valence-electron chi connectivity index (χ1n) is 4.53. The zero-order valence-corrected chi connectivity index (χ0v) is 10.6. The SMILES string of the molecule is C=CCCCC(C=C)NC(=O)C(Cl)(Cl)Cl. The van der Waals surface area contributed by atoms with Gasteiger partial charge in [0.2, 0.25) is 0 Å². The third-order valence-electron chi connectivity index (χ3n) is 1.78. The van der Waals surface area contributed by atoms with E-state index in [0.29, 0.717) is 0 Å². The number of nitrogens with one attached hydrogen (secondary N) is 1. The fourth-order valence-corrected chi connectivity index (χ4v) is 1.14. The van der Waals surface area contributed by atoms with Crippen LogP contribution in [0.15, 0.2) is 25.3 Å². The van der Waals surface area contributed by atoms with Crippen molar-refractivity contribution in [2.24, 2.45) is 0 Å². The van der Waals surface area contributed by atoms with Crippen molar-refractivity contribution >= 4 is 40.7 Å². The van der Waals surface area contributed by atoms with Gasteiger partial charge in [0.1, 0.15) is 0 Å². The fourth-order valence-electron chi connectivity index (χ4n) is 0.981. The summed E-state index contributed by atoms with van der Waals surface area (Å²) in [6, 6.07) is -0.173. The van der Waals surface area contributed by atoms with Gasteiger partial charge in [0.25, 0.3) is 9.70 Å². The van der Waals surface area contributed by atoms with Gasteiger partial charge in [-0.1, -0.05) is 47.0 Å². The van der Waals surface area contributed by atoms with Crippen LogP contribution >= 0.6 is 34.8 Å². The molecule has 0 fully saturated rings. The predicted octanol–water partition coefficient (Wildman–Crippen LogP) is 3.38. The molecule has 0 rings (SSSR count). The number of hydrogen-bond acceptors (Lipinski definition) is 1. The van der Waals surface area contributed by atoms with Gasteiger partial charge in [0.05, 0.1) is 0 Å². The zero-order valence-electron chi connectivity index (χ0n) is 8.31. The average Bonchev–Trinajstić information content (AvgIpc) is 2.14. The molecule has 0 aliphatic heterocycles. The first-order chi connectivity index (χ1) is 6.91. The summed E-state index contributed by atoms with van der Waals surface area (Å²) in [5.74, 6) is -0.629. The normalized spacial score (nSPS) is 13.0. The molecule has 0 saturated carbocycles. The van der Waals surface area contributed by atoms with Crippen molar-refractivity contribution in [2.45, 2.75) is 29.1 Å². The Labute approximate surface area is 105 Å². The number of halogens is 3. The Morgan fingerprint density at radius 2 is 2.00 bits per heavy atom. The third kappa shape index (κ3) is 6.82. The van der Waals surface area contributed by atoms with Gasteiger partial charge in [-0.3, -0.25) is 4.79 Å². The molecule has 0 saturated heterocycles. The van der Waals surface area contributed by atoms with Crippen molar-refractivity contribution in [1.29, 1.82) is 0 Å². The number of amides is 1. The molecular weight excluding hydrogens is 256 g/mol. The van der Waals surface area contributed by atoms with Gasteiger partial charge in [-0.2, -0.15) is 0 Å². The molecule has 1 atom stereocenters. The largest absolute Gasteiger partial charge is 0.346 e. The lowest BCUT2D eigenvalue weighted by Crippen LogP contribution is -2.40. The molecule has 0 bridgehead atoms. The summed E-state index contributed by atoms with van der Waals surface area (Å²) in [5, 5.41) is 2.58. The Kier molecular flexibility index (Phi) is 7.07. The van der Waals surface area contributed by atoms with Gasteiger partial charge < -0.3 is 5.32 Å². The first kappa shape index (κ1) is 14.8. The number of unbranched alkanes of at least 4 members (excludes halogenated alkanes) is 1. The molecule has 1 N–H and O–H groups in total. The summed E-state index contributed by atoms with van der Waals surface area (Å²) in [6.07, 6.45) is 5.98. The molecule has 0 aromatic heterocycles. The van der Waals surface area contributed by atoms with Crippen LogP contribution in [0.2, 0.25) is 0 Å². The van der Waals surface area contributed by atoms with E-state index in [9.17, 15) is 4.79 Å². The molecule has 15 heavy (non-hydrogen) atoms. The van der Waals surface area contributed by atoms with Crippen LogP contribution in [0.3, 0.4) is 0 Å². The Morgan fingerprint density at radius 1 is 1.40 bits per heavy atom. The highest BCUT2D eigenvalue weighted by molar-refractivity contribution is 6.76. The van der Waals surface area contributed by atoms with Crippen LogP contribution in [0.4, 0.5) is 0 Å². The lowest BCUT2D eigenvalue weighted by molar-refractivity contribution is -0.120. The molecule has 0 aliphatic rings. The molecule has 0 aromatic rings. The van der Waals surface area contributed by atoms with Gasteiger partial charge in [0.15, 0.2) is 0 Å². The maximum absolute atomic E-state index is 11.3. The van der Waals surface area contributed by atoms with Crippen LogP contribution in [-0.4, -0.2) is 15.7 Å². The van der Waals surface area contributed by atoms with Crippen molar-refractivity contribution < 1.29 is 4.79 Å². The standard InChI is InChI=1S/C10H14Cl3NO/c1-3-5-6-7-8(4-2)14-9(15)10(11,12)13/h3-4,8H,1-2,5-7H2,(H,14,15). The second-order valence-corrected chi connectivity index (χ2v) is 5.31. The van der Waals surface area contributed by atoms with E-state index in [1.54, 1.807) is 6.08 Å². The Hall–Kier alpha value is -0.180. The van der Waals surface area contributed by atoms with E-state index in [4.69, 9.17) is 34.8 Å². The van der Waals surface area contributed by atoms with Crippen LogP contribution in [-0.2, 0) is 4.79 Å². The molecule has 1 unspecified atom stereocenters. The van der Waals surface area contributed by atoms with Crippen molar-refractivity contribution in [3.63, 3.8) is 0 Å². The predicted molar refractivity (Wildman–Crippen MR) is 66.5 cm³/mol. The van der Waals surface area contributed by atoms with E-state index < -0.39 is 9.70 Å². The lowest BCUT2D eigenvalue weighted by Gasteiger charge is -2.17. The highest BCUT2D eigenvalue weighted by atomic mass is 35.6. The van der Waals surface area contributed by atoms with Crippen LogP contribution in [0.25, 0.3) is 0 Å². The van der Waals surface area contributed by atoms with Gasteiger partial charge in [-0.15, -0.1) is 13.2 Å². The van der Waals surface area contributed by atoms with E-state index in [-0.39, 0.29) is 6.04 Å². The van der Waals surface area contributed by atoms with E-state index in [2.05, 4.69) is 18.5 Å². The quantitative estimate of drug-likeness (QED) is 0.447. The van der Waals surface area contributed by atoms with Crippen LogP contribution in [0, 0.1) is 0 Å². The minimum Gasteiger partial charge on any atom is -0.346 e. The number of alkyl halides is 3. The fraction of sp³-hybridized carbons (Fsp3) is 0.500. The van der Waals surface area contributed by atoms with E-state index in [0.717, 1.165) is 19.3 Å². The van der Waals surface area contributed by atoms with Gasteiger partial charge in [-0.05, 0) is 19.3 Å². The molecule has 0 aromatic carbocycles. The number of rotatable bonds is 6. The number of carbonyl (C=O) groups is 1. The summed E-state index contributed by atoms with van der Waals surface area (Å²) in [7, 11) is 0. The minimum absolute atomic E-state index is 0.173. The Balaban J connectivity index is 4.04. The summed E-state index contributed by atoms with van der Waals surface area (Å²) in [5.41, 5.74) is 0. The number of hydrogen-bond donors (Lipinski definition) is 1. The Morgan fingerprint density at radius 3 is 2.40 bits per heavy atom. The highest BCUT2D eigenvalue weighted by Crippen LogP contribution is 2.26. The second kappa shape index (κ2) is 7.15. The van der Waals surface area contributed by atoms with E-state index >= 15 is 0 Å². The number of allylic oxidation sites excluding steroid dienone is 1. The highest BCUT2D eigenvalue weighted by Gasteiger charge is 2.31. The lowest BCUT2D eigenvalue weighted by atomic mass is 10.1. The maximum Gasteiger partial charge on any atom is 0.272 e. The van der Waals surface area contributed by atoms with Gasteiger partial charge >= 0.3 is 0 Å².